The molecule has 2 heterocycles. The van der Waals surface area contributed by atoms with Gasteiger partial charge in [-0.3, -0.25) is 4.79 Å². The van der Waals surface area contributed by atoms with Gasteiger partial charge in [-0.25, -0.2) is 14.4 Å². The van der Waals surface area contributed by atoms with E-state index in [1.165, 1.54) is 23.6 Å². The smallest absolute Gasteiger partial charge is 0.255 e. The van der Waals surface area contributed by atoms with Crippen LogP contribution < -0.4 is 10.6 Å². The molecule has 0 saturated carbocycles. The number of thiazole rings is 1. The van der Waals surface area contributed by atoms with Crippen molar-refractivity contribution in [1.29, 1.82) is 0 Å². The maximum absolute atomic E-state index is 14.2. The fourth-order valence-electron chi connectivity index (χ4n) is 1.85. The van der Waals surface area contributed by atoms with Crippen LogP contribution in [0.4, 0.5) is 10.2 Å². The number of rotatable bonds is 5. The summed E-state index contributed by atoms with van der Waals surface area (Å²) in [6, 6.07) is 1.36. The Bertz CT molecular complexity index is 628. The van der Waals surface area contributed by atoms with Crippen molar-refractivity contribution in [3.05, 3.63) is 40.2 Å². The van der Waals surface area contributed by atoms with Gasteiger partial charge < -0.3 is 10.6 Å². The number of hydrogen-bond donors (Lipinski definition) is 2. The lowest BCUT2D eigenvalue weighted by Gasteiger charge is -2.24. The van der Waals surface area contributed by atoms with Crippen LogP contribution in [0.15, 0.2) is 23.8 Å². The monoisotopic (exact) mass is 308 g/mol. The minimum absolute atomic E-state index is 0.0365. The molecule has 21 heavy (non-hydrogen) atoms. The van der Waals surface area contributed by atoms with Gasteiger partial charge in [0.1, 0.15) is 5.01 Å². The van der Waals surface area contributed by atoms with E-state index in [4.69, 9.17) is 0 Å². The number of amides is 1. The summed E-state index contributed by atoms with van der Waals surface area (Å²) in [6.45, 7) is 6.01. The van der Waals surface area contributed by atoms with Gasteiger partial charge in [0.2, 0.25) is 0 Å². The summed E-state index contributed by atoms with van der Waals surface area (Å²) in [5.74, 6) is -1.06. The van der Waals surface area contributed by atoms with E-state index < -0.39 is 17.3 Å². The van der Waals surface area contributed by atoms with Gasteiger partial charge in [0, 0.05) is 24.3 Å². The molecule has 0 aliphatic carbocycles. The molecular weight excluding hydrogens is 291 g/mol. The summed E-state index contributed by atoms with van der Waals surface area (Å²) in [4.78, 5) is 20.4. The van der Waals surface area contributed by atoms with E-state index in [1.54, 1.807) is 6.20 Å². The molecule has 2 rings (SSSR count). The Labute approximate surface area is 126 Å². The molecule has 0 radical (unpaired) electrons. The largest absolute Gasteiger partial charge is 0.368 e. The Kier molecular flexibility index (Phi) is 4.52. The Morgan fingerprint density at radius 2 is 2.14 bits per heavy atom. The number of carbonyl (C=O) groups is 1. The molecule has 0 unspecified atom stereocenters. The first-order valence-electron chi connectivity index (χ1n) is 6.56. The number of carbonyl (C=O) groups excluding carboxylic acids is 1. The Morgan fingerprint density at radius 3 is 2.76 bits per heavy atom. The summed E-state index contributed by atoms with van der Waals surface area (Å²) in [5.41, 5.74) is -0.704. The fourth-order valence-corrected chi connectivity index (χ4v) is 2.56. The normalized spacial score (nSPS) is 11.2. The maximum atomic E-state index is 14.2. The van der Waals surface area contributed by atoms with Gasteiger partial charge in [-0.2, -0.15) is 0 Å². The summed E-state index contributed by atoms with van der Waals surface area (Å²) in [7, 11) is 0. The summed E-state index contributed by atoms with van der Waals surface area (Å²) < 4.78 is 14.2. The van der Waals surface area contributed by atoms with Crippen molar-refractivity contribution < 1.29 is 9.18 Å². The Morgan fingerprint density at radius 1 is 1.38 bits per heavy atom. The molecule has 0 aromatic carbocycles. The maximum Gasteiger partial charge on any atom is 0.255 e. The number of nitrogens with zero attached hydrogens (tertiary/aromatic N) is 2. The molecule has 0 bridgehead atoms. The molecule has 0 saturated heterocycles. The third-order valence-corrected chi connectivity index (χ3v) is 3.97. The summed E-state index contributed by atoms with van der Waals surface area (Å²) in [5, 5.41) is 8.18. The van der Waals surface area contributed by atoms with Crippen LogP contribution in [0.3, 0.4) is 0 Å². The molecule has 2 aromatic heterocycles. The number of nitrogens with one attached hydrogen (secondary N) is 2. The lowest BCUT2D eigenvalue weighted by molar-refractivity contribution is 0.0907. The quantitative estimate of drug-likeness (QED) is 0.891. The number of anilines is 1. The first-order valence-corrected chi connectivity index (χ1v) is 7.44. The van der Waals surface area contributed by atoms with Crippen molar-refractivity contribution >= 4 is 23.1 Å². The molecule has 0 fully saturated rings. The van der Waals surface area contributed by atoms with E-state index in [0.29, 0.717) is 6.54 Å². The first-order chi connectivity index (χ1) is 9.95. The zero-order valence-corrected chi connectivity index (χ0v) is 12.9. The van der Waals surface area contributed by atoms with Crippen molar-refractivity contribution in [2.24, 2.45) is 0 Å². The summed E-state index contributed by atoms with van der Waals surface area (Å²) in [6.07, 6.45) is 3.08. The van der Waals surface area contributed by atoms with Gasteiger partial charge >= 0.3 is 0 Å². The average Bonchev–Trinajstić information content (AvgIpc) is 2.95. The molecule has 5 nitrogen and oxygen atoms in total. The van der Waals surface area contributed by atoms with Crippen molar-refractivity contribution in [1.82, 2.24) is 15.3 Å². The molecule has 0 spiro atoms. The molecule has 0 atom stereocenters. The third-order valence-electron chi connectivity index (χ3n) is 2.87. The van der Waals surface area contributed by atoms with Crippen LogP contribution in [0.5, 0.6) is 0 Å². The van der Waals surface area contributed by atoms with Gasteiger partial charge in [0.05, 0.1) is 11.1 Å². The highest BCUT2D eigenvalue weighted by Gasteiger charge is 2.27. The highest BCUT2D eigenvalue weighted by atomic mass is 32.1. The van der Waals surface area contributed by atoms with E-state index in [9.17, 15) is 9.18 Å². The number of pyridine rings is 1. The minimum atomic E-state index is -0.667. The second-order valence-electron chi connectivity index (χ2n) is 4.97. The predicted octanol–water partition coefficient (Wildman–Crippen LogP) is 2.77. The van der Waals surface area contributed by atoms with Gasteiger partial charge in [-0.1, -0.05) is 0 Å². The van der Waals surface area contributed by atoms with Gasteiger partial charge in [0.25, 0.3) is 5.91 Å². The van der Waals surface area contributed by atoms with Crippen LogP contribution in [0, 0.1) is 5.82 Å². The number of hydrogen-bond acceptors (Lipinski definition) is 5. The lowest BCUT2D eigenvalue weighted by atomic mass is 10.1. The van der Waals surface area contributed by atoms with Gasteiger partial charge in [-0.15, -0.1) is 11.3 Å². The molecule has 2 N–H and O–H groups in total. The predicted molar refractivity (Wildman–Crippen MR) is 81.0 cm³/mol. The van der Waals surface area contributed by atoms with Gasteiger partial charge in [-0.05, 0) is 26.8 Å². The van der Waals surface area contributed by atoms with Crippen molar-refractivity contribution in [2.45, 2.75) is 26.3 Å². The number of aromatic nitrogens is 2. The van der Waals surface area contributed by atoms with Crippen molar-refractivity contribution in [3.63, 3.8) is 0 Å². The molecule has 7 heteroatoms. The van der Waals surface area contributed by atoms with E-state index in [1.807, 2.05) is 26.2 Å². The van der Waals surface area contributed by atoms with Crippen LogP contribution in [-0.4, -0.2) is 22.4 Å². The Hall–Kier alpha value is -2.02. The molecule has 0 aliphatic heterocycles. The SMILES string of the molecule is CCNc1nccc(C(=O)NC(C)(C)c2nccs2)c1F. The molecule has 0 aliphatic rings. The van der Waals surface area contributed by atoms with Crippen LogP contribution in [0.2, 0.25) is 0 Å². The average molecular weight is 308 g/mol. The van der Waals surface area contributed by atoms with Crippen molar-refractivity contribution in [3.8, 4) is 0 Å². The van der Waals surface area contributed by atoms with Crippen LogP contribution in [0.25, 0.3) is 0 Å². The molecular formula is C14H17FN4OS. The third kappa shape index (κ3) is 3.36. The first kappa shape index (κ1) is 15.4. The van der Waals surface area contributed by atoms with E-state index >= 15 is 0 Å². The molecule has 2 aromatic rings. The summed E-state index contributed by atoms with van der Waals surface area (Å²) >= 11 is 1.44. The van der Waals surface area contributed by atoms with E-state index in [-0.39, 0.29) is 11.4 Å². The molecule has 1 amide bonds. The molecule has 112 valence electrons. The Balaban J connectivity index is 2.23. The van der Waals surface area contributed by atoms with E-state index in [2.05, 4.69) is 20.6 Å². The fraction of sp³-hybridized carbons (Fsp3) is 0.357. The van der Waals surface area contributed by atoms with Crippen LogP contribution in [0.1, 0.15) is 36.1 Å². The standard InChI is InChI=1S/C14H17FN4OS/c1-4-16-11-10(15)9(5-6-17-11)12(20)19-14(2,3)13-18-7-8-21-13/h5-8H,4H2,1-3H3,(H,16,17)(H,19,20). The zero-order chi connectivity index (χ0) is 15.5. The minimum Gasteiger partial charge on any atom is -0.368 e. The van der Waals surface area contributed by atoms with Crippen LogP contribution >= 0.6 is 11.3 Å². The lowest BCUT2D eigenvalue weighted by Crippen LogP contribution is -2.41. The highest BCUT2D eigenvalue weighted by Crippen LogP contribution is 2.23. The van der Waals surface area contributed by atoms with E-state index in [0.717, 1.165) is 5.01 Å². The van der Waals surface area contributed by atoms with Crippen LogP contribution in [-0.2, 0) is 5.54 Å². The second kappa shape index (κ2) is 6.17. The van der Waals surface area contributed by atoms with Crippen molar-refractivity contribution in [2.75, 3.05) is 11.9 Å². The second-order valence-corrected chi connectivity index (χ2v) is 5.86. The van der Waals surface area contributed by atoms with Gasteiger partial charge in [0.15, 0.2) is 11.6 Å². The zero-order valence-electron chi connectivity index (χ0n) is 12.1. The topological polar surface area (TPSA) is 66.9 Å². The number of halogens is 1. The highest BCUT2D eigenvalue weighted by molar-refractivity contribution is 7.09.